The highest BCUT2D eigenvalue weighted by Crippen LogP contribution is 2.37. The topological polar surface area (TPSA) is 139 Å². The van der Waals surface area contributed by atoms with Crippen molar-refractivity contribution in [2.75, 3.05) is 14.2 Å². The zero-order chi connectivity index (χ0) is 27.8. The van der Waals surface area contributed by atoms with Crippen LogP contribution in [0, 0.1) is 22.7 Å². The Morgan fingerprint density at radius 1 is 0.806 bits per heavy atom. The summed E-state index contributed by atoms with van der Waals surface area (Å²) in [6.45, 7) is 0. The molecule has 0 saturated heterocycles. The molecule has 0 aromatic heterocycles. The molecule has 0 spiro atoms. The maximum Gasteiger partial charge on any atom is 0.573 e. The fourth-order valence-corrected chi connectivity index (χ4v) is 2.54. The predicted molar refractivity (Wildman–Crippen MR) is 106 cm³/mol. The van der Waals surface area contributed by atoms with Crippen molar-refractivity contribution in [3.8, 4) is 35.1 Å². The number of carboxylic acids is 1. The largest absolute Gasteiger partial charge is 0.573 e. The number of carbonyl (C=O) groups is 2. The van der Waals surface area contributed by atoms with Gasteiger partial charge in [0.25, 0.3) is 5.24 Å². The van der Waals surface area contributed by atoms with Gasteiger partial charge in [0.1, 0.15) is 12.1 Å². The maximum atomic E-state index is 12.1. The van der Waals surface area contributed by atoms with Crippen LogP contribution in [0.5, 0.6) is 23.0 Å². The molecule has 0 unspecified atom stereocenters. The Morgan fingerprint density at radius 2 is 1.17 bits per heavy atom. The summed E-state index contributed by atoms with van der Waals surface area (Å²) in [7, 11) is 2.11. The van der Waals surface area contributed by atoms with E-state index in [2.05, 4.69) is 18.9 Å². The number of halogens is 7. The molecule has 2 rings (SSSR count). The van der Waals surface area contributed by atoms with E-state index >= 15 is 0 Å². The molecule has 0 radical (unpaired) electrons. The van der Waals surface area contributed by atoms with Crippen LogP contribution in [0.3, 0.4) is 0 Å². The summed E-state index contributed by atoms with van der Waals surface area (Å²) < 4.78 is 89.3. The van der Waals surface area contributed by atoms with Crippen molar-refractivity contribution in [3.63, 3.8) is 0 Å². The number of alkyl halides is 6. The first kappa shape index (κ1) is 29.7. The first-order valence-corrected chi connectivity index (χ1v) is 9.13. The summed E-state index contributed by atoms with van der Waals surface area (Å²) in [5.74, 6) is -4.05. The molecule has 0 aliphatic rings. The lowest BCUT2D eigenvalue weighted by Gasteiger charge is -2.14. The fourth-order valence-electron chi connectivity index (χ4n) is 2.43. The second-order valence-corrected chi connectivity index (χ2v) is 6.35. The number of rotatable bonds is 6. The molecular formula is C20H11ClF6N2O7. The molecule has 1 N–H and O–H groups in total. The predicted octanol–water partition coefficient (Wildman–Crippen LogP) is 5.01. The fraction of sp³-hybridized carbons (Fsp3) is 0.200. The average Bonchev–Trinajstić information content (AvgIpc) is 2.75. The highest BCUT2D eigenvalue weighted by Gasteiger charge is 2.34. The van der Waals surface area contributed by atoms with E-state index < -0.39 is 52.5 Å². The molecule has 2 aromatic rings. The Labute approximate surface area is 202 Å². The lowest BCUT2D eigenvalue weighted by atomic mass is 10.1. The van der Waals surface area contributed by atoms with Crippen molar-refractivity contribution in [1.29, 1.82) is 10.5 Å². The summed E-state index contributed by atoms with van der Waals surface area (Å²) >= 11 is 5.14. The molecule has 9 nitrogen and oxygen atoms in total. The van der Waals surface area contributed by atoms with Crippen molar-refractivity contribution in [2.24, 2.45) is 0 Å². The Balaban J connectivity index is 0.000000360. The summed E-state index contributed by atoms with van der Waals surface area (Å²) in [6, 6.07) is 6.41. The van der Waals surface area contributed by atoms with Gasteiger partial charge in [-0.05, 0) is 35.9 Å². The summed E-state index contributed by atoms with van der Waals surface area (Å²) in [5, 5.41) is 25.2. The summed E-state index contributed by atoms with van der Waals surface area (Å²) in [5.41, 5.74) is -1.46. The smallest absolute Gasteiger partial charge is 0.492 e. The van der Waals surface area contributed by atoms with Gasteiger partial charge >= 0.3 is 18.7 Å². The van der Waals surface area contributed by atoms with Crippen LogP contribution < -0.4 is 18.9 Å². The van der Waals surface area contributed by atoms with Gasteiger partial charge in [0.05, 0.1) is 30.9 Å². The van der Waals surface area contributed by atoms with E-state index in [4.69, 9.17) is 27.2 Å². The molecule has 36 heavy (non-hydrogen) atoms. The number of benzene rings is 2. The molecule has 2 aromatic carbocycles. The van der Waals surface area contributed by atoms with E-state index in [0.29, 0.717) is 6.07 Å². The van der Waals surface area contributed by atoms with E-state index in [9.17, 15) is 35.9 Å². The number of nitriles is 2. The van der Waals surface area contributed by atoms with E-state index in [1.807, 2.05) is 0 Å². The van der Waals surface area contributed by atoms with Gasteiger partial charge in [-0.15, -0.1) is 26.3 Å². The maximum absolute atomic E-state index is 12.1. The summed E-state index contributed by atoms with van der Waals surface area (Å²) in [4.78, 5) is 21.6. The molecule has 0 aliphatic carbocycles. The van der Waals surface area contributed by atoms with Gasteiger partial charge in [-0.3, -0.25) is 4.79 Å². The van der Waals surface area contributed by atoms with Gasteiger partial charge < -0.3 is 24.1 Å². The van der Waals surface area contributed by atoms with E-state index in [-0.39, 0.29) is 16.7 Å². The number of aromatic carboxylic acids is 1. The first-order chi connectivity index (χ1) is 16.6. The number of ether oxygens (including phenoxy) is 4. The van der Waals surface area contributed by atoms with E-state index in [1.54, 1.807) is 6.07 Å². The van der Waals surface area contributed by atoms with Gasteiger partial charge in [-0.2, -0.15) is 10.5 Å². The number of methoxy groups -OCH3 is 2. The molecular weight excluding hydrogens is 530 g/mol. The second kappa shape index (κ2) is 11.9. The third-order valence-corrected chi connectivity index (χ3v) is 3.90. The van der Waals surface area contributed by atoms with Gasteiger partial charge in [0, 0.05) is 5.56 Å². The number of carboxylic acid groups (broad SMARTS) is 1. The quantitative estimate of drug-likeness (QED) is 0.395. The SMILES string of the molecule is COc1c(C#N)cc(C(=O)Cl)cc1OC(F)(F)F.COc1c(C#N)cc(C(=O)O)cc1OC(F)(F)F. The van der Waals surface area contributed by atoms with Crippen LogP contribution in [-0.4, -0.2) is 43.3 Å². The Kier molecular flexibility index (Phi) is 9.77. The standard InChI is InChI=1S/C10H5ClF3NO3.C10H6F3NO4/c1-17-8-6(4-15)2-5(9(11)16)3-7(8)18-10(12,13)14;1-17-8-6(4-14)2-5(9(15)16)3-7(8)18-10(11,12)13/h2-3H,1H3;2-3H,1H3,(H,15,16). The van der Waals surface area contributed by atoms with Crippen molar-refractivity contribution < 1.29 is 60.0 Å². The monoisotopic (exact) mass is 540 g/mol. The van der Waals surface area contributed by atoms with E-state index in [1.165, 1.54) is 6.07 Å². The Bertz CT molecular complexity index is 1140. The minimum absolute atomic E-state index is 0.289. The molecule has 0 heterocycles. The molecule has 192 valence electrons. The molecule has 0 aliphatic heterocycles. The third kappa shape index (κ3) is 8.44. The first-order valence-electron chi connectivity index (χ1n) is 8.75. The number of hydrogen-bond acceptors (Lipinski definition) is 8. The van der Waals surface area contributed by atoms with Gasteiger partial charge in [-0.25, -0.2) is 4.79 Å². The number of carbonyl (C=O) groups excluding carboxylic acids is 1. The molecule has 0 amide bonds. The van der Waals surface area contributed by atoms with Gasteiger partial charge in [0.15, 0.2) is 23.0 Å². The molecule has 0 fully saturated rings. The Hall–Kier alpha value is -4.37. The van der Waals surface area contributed by atoms with Gasteiger partial charge in [0.2, 0.25) is 0 Å². The van der Waals surface area contributed by atoms with Crippen LogP contribution in [0.25, 0.3) is 0 Å². The molecule has 0 atom stereocenters. The normalized spacial score (nSPS) is 10.6. The number of hydrogen-bond donors (Lipinski definition) is 1. The lowest BCUT2D eigenvalue weighted by molar-refractivity contribution is -0.276. The van der Waals surface area contributed by atoms with Gasteiger partial charge in [-0.1, -0.05) is 0 Å². The van der Waals surface area contributed by atoms with Crippen LogP contribution in [0.1, 0.15) is 31.8 Å². The highest BCUT2D eigenvalue weighted by atomic mass is 35.5. The zero-order valence-corrected chi connectivity index (χ0v) is 18.5. The van der Waals surface area contributed by atoms with Crippen LogP contribution in [0.15, 0.2) is 24.3 Å². The van der Waals surface area contributed by atoms with E-state index in [0.717, 1.165) is 32.4 Å². The van der Waals surface area contributed by atoms with Crippen LogP contribution in [-0.2, 0) is 0 Å². The van der Waals surface area contributed by atoms with Crippen molar-refractivity contribution in [1.82, 2.24) is 0 Å². The van der Waals surface area contributed by atoms with Crippen LogP contribution >= 0.6 is 11.6 Å². The summed E-state index contributed by atoms with van der Waals surface area (Å²) in [6.07, 6.45) is -9.99. The third-order valence-electron chi connectivity index (χ3n) is 3.68. The van der Waals surface area contributed by atoms with Crippen molar-refractivity contribution in [2.45, 2.75) is 12.7 Å². The second-order valence-electron chi connectivity index (χ2n) is 6.01. The lowest BCUT2D eigenvalue weighted by Crippen LogP contribution is -2.18. The number of nitrogens with zero attached hydrogens (tertiary/aromatic N) is 2. The Morgan fingerprint density at radius 3 is 1.44 bits per heavy atom. The minimum atomic E-state index is -5.02. The van der Waals surface area contributed by atoms with Crippen LogP contribution in [0.2, 0.25) is 0 Å². The zero-order valence-electron chi connectivity index (χ0n) is 17.7. The minimum Gasteiger partial charge on any atom is -0.492 e. The molecule has 0 saturated carbocycles. The highest BCUT2D eigenvalue weighted by molar-refractivity contribution is 6.67. The molecule has 0 bridgehead atoms. The van der Waals surface area contributed by atoms with Crippen molar-refractivity contribution >= 4 is 22.8 Å². The average molecular weight is 541 g/mol. The molecule has 16 heteroatoms. The van der Waals surface area contributed by atoms with Crippen molar-refractivity contribution in [3.05, 3.63) is 46.5 Å². The van der Waals surface area contributed by atoms with Crippen LogP contribution in [0.4, 0.5) is 26.3 Å².